The molecule has 1 aromatic carbocycles. The number of nitrogens with zero attached hydrogens (tertiary/aromatic N) is 3. The lowest BCUT2D eigenvalue weighted by atomic mass is 10.2. The van der Waals surface area contributed by atoms with Crippen molar-refractivity contribution in [3.05, 3.63) is 30.5 Å². The monoisotopic (exact) mass is 213 g/mol. The van der Waals surface area contributed by atoms with E-state index in [-0.39, 0.29) is 0 Å². The summed E-state index contributed by atoms with van der Waals surface area (Å²) in [6.45, 7) is 0. The number of benzene rings is 1. The first-order chi connectivity index (χ1) is 7.81. The van der Waals surface area contributed by atoms with E-state index in [1.54, 1.807) is 13.3 Å². The van der Waals surface area contributed by atoms with Crippen molar-refractivity contribution in [1.29, 1.82) is 0 Å². The van der Waals surface area contributed by atoms with Crippen molar-refractivity contribution in [1.82, 2.24) is 14.5 Å². The molecule has 0 unspecified atom stereocenters. The Labute approximate surface area is 92.5 Å². The quantitative estimate of drug-likeness (QED) is 0.621. The lowest BCUT2D eigenvalue weighted by molar-refractivity contribution is 0.368. The molecule has 3 rings (SSSR count). The van der Waals surface area contributed by atoms with Gasteiger partial charge in [0.25, 0.3) is 6.01 Å². The molecule has 0 saturated carbocycles. The normalized spacial score (nSPS) is 11.1. The first-order valence-corrected chi connectivity index (χ1v) is 5.05. The number of ether oxygens (including phenoxy) is 1. The summed E-state index contributed by atoms with van der Waals surface area (Å²) in [5.41, 5.74) is 2.94. The molecule has 0 bridgehead atoms. The van der Waals surface area contributed by atoms with Gasteiger partial charge in [0.05, 0.1) is 18.1 Å². The molecule has 4 nitrogen and oxygen atoms in total. The van der Waals surface area contributed by atoms with E-state index >= 15 is 0 Å². The Balaban J connectivity index is 2.51. The highest BCUT2D eigenvalue weighted by Crippen LogP contribution is 2.26. The second-order valence-corrected chi connectivity index (χ2v) is 3.66. The Kier molecular flexibility index (Phi) is 1.83. The summed E-state index contributed by atoms with van der Waals surface area (Å²) >= 11 is 0. The van der Waals surface area contributed by atoms with Crippen LogP contribution in [0, 0.1) is 0 Å². The van der Waals surface area contributed by atoms with Gasteiger partial charge in [-0.05, 0) is 24.3 Å². The van der Waals surface area contributed by atoms with Crippen molar-refractivity contribution in [3.63, 3.8) is 0 Å². The Morgan fingerprint density at radius 1 is 1.25 bits per heavy atom. The molecule has 0 atom stereocenters. The van der Waals surface area contributed by atoms with E-state index < -0.39 is 0 Å². The van der Waals surface area contributed by atoms with Crippen LogP contribution >= 0.6 is 0 Å². The average molecular weight is 213 g/mol. The molecule has 0 aliphatic heterocycles. The van der Waals surface area contributed by atoms with Gasteiger partial charge < -0.3 is 4.74 Å². The second-order valence-electron chi connectivity index (χ2n) is 3.66. The van der Waals surface area contributed by atoms with Crippen LogP contribution in [0.1, 0.15) is 0 Å². The maximum absolute atomic E-state index is 5.21. The van der Waals surface area contributed by atoms with Gasteiger partial charge in [0.2, 0.25) is 0 Å². The highest BCUT2D eigenvalue weighted by Gasteiger charge is 2.10. The number of hydrogen-bond acceptors (Lipinski definition) is 3. The highest BCUT2D eigenvalue weighted by atomic mass is 16.5. The Morgan fingerprint density at radius 2 is 2.12 bits per heavy atom. The zero-order valence-corrected chi connectivity index (χ0v) is 9.14. The molecule has 16 heavy (non-hydrogen) atoms. The Hall–Kier alpha value is -2.10. The minimum atomic E-state index is 0.617. The van der Waals surface area contributed by atoms with E-state index in [1.807, 2.05) is 35.9 Å². The fourth-order valence-electron chi connectivity index (χ4n) is 1.97. The van der Waals surface area contributed by atoms with Crippen molar-refractivity contribution >= 4 is 21.9 Å². The third kappa shape index (κ3) is 1.10. The average Bonchev–Trinajstić information content (AvgIpc) is 2.67. The van der Waals surface area contributed by atoms with E-state index in [0.29, 0.717) is 6.01 Å². The fraction of sp³-hybridized carbons (Fsp3) is 0.167. The lowest BCUT2D eigenvalue weighted by Gasteiger charge is -1.99. The fourth-order valence-corrected chi connectivity index (χ4v) is 1.97. The zero-order valence-electron chi connectivity index (χ0n) is 9.14. The summed E-state index contributed by atoms with van der Waals surface area (Å²) in [4.78, 5) is 8.77. The summed E-state index contributed by atoms with van der Waals surface area (Å²) in [5, 5.41) is 1.05. The molecule has 0 radical (unpaired) electrons. The van der Waals surface area contributed by atoms with Crippen LogP contribution in [0.25, 0.3) is 21.9 Å². The Bertz CT molecular complexity index is 672. The number of rotatable bonds is 1. The zero-order chi connectivity index (χ0) is 11.1. The number of aromatic nitrogens is 3. The molecule has 0 N–H and O–H groups in total. The van der Waals surface area contributed by atoms with Gasteiger partial charge in [-0.1, -0.05) is 0 Å². The van der Waals surface area contributed by atoms with Gasteiger partial charge in [-0.15, -0.1) is 0 Å². The molecular weight excluding hydrogens is 202 g/mol. The van der Waals surface area contributed by atoms with Crippen molar-refractivity contribution in [2.75, 3.05) is 7.11 Å². The molecule has 0 spiro atoms. The molecule has 2 aromatic heterocycles. The Morgan fingerprint density at radius 3 is 2.94 bits per heavy atom. The minimum absolute atomic E-state index is 0.617. The largest absolute Gasteiger partial charge is 0.468 e. The van der Waals surface area contributed by atoms with Crippen LogP contribution in [0.4, 0.5) is 0 Å². The molecule has 0 fully saturated rings. The molecule has 2 heterocycles. The molecule has 0 aliphatic rings. The van der Waals surface area contributed by atoms with E-state index in [1.165, 1.54) is 0 Å². The number of imidazole rings is 1. The molecule has 0 aliphatic carbocycles. The van der Waals surface area contributed by atoms with Crippen LogP contribution in [0.15, 0.2) is 30.5 Å². The first kappa shape index (κ1) is 9.15. The van der Waals surface area contributed by atoms with Crippen LogP contribution in [0.5, 0.6) is 6.01 Å². The first-order valence-electron chi connectivity index (χ1n) is 5.05. The maximum atomic E-state index is 5.21. The van der Waals surface area contributed by atoms with E-state index in [2.05, 4.69) is 9.97 Å². The van der Waals surface area contributed by atoms with Crippen LogP contribution in [-0.2, 0) is 7.05 Å². The third-order valence-electron chi connectivity index (χ3n) is 2.77. The maximum Gasteiger partial charge on any atom is 0.296 e. The number of pyridine rings is 1. The molecule has 80 valence electrons. The summed E-state index contributed by atoms with van der Waals surface area (Å²) in [6, 6.07) is 8.57. The standard InChI is InChI=1S/C12H11N3O/c1-15-10-6-5-9-8(4-3-7-13-9)11(10)14-12(15)16-2/h3-7H,1-2H3. The SMILES string of the molecule is COc1nc2c3cccnc3ccc2n1C. The minimum Gasteiger partial charge on any atom is -0.468 e. The molecular formula is C12H11N3O. The summed E-state index contributed by atoms with van der Waals surface area (Å²) in [7, 11) is 3.57. The third-order valence-corrected chi connectivity index (χ3v) is 2.77. The number of fused-ring (bicyclic) bond motifs is 3. The summed E-state index contributed by atoms with van der Waals surface area (Å²) in [6.07, 6.45) is 1.79. The van der Waals surface area contributed by atoms with Crippen molar-refractivity contribution in [2.45, 2.75) is 0 Å². The van der Waals surface area contributed by atoms with Gasteiger partial charge in [-0.3, -0.25) is 9.55 Å². The van der Waals surface area contributed by atoms with Crippen molar-refractivity contribution < 1.29 is 4.74 Å². The van der Waals surface area contributed by atoms with Crippen LogP contribution < -0.4 is 4.74 Å². The number of hydrogen-bond donors (Lipinski definition) is 0. The number of methoxy groups -OCH3 is 1. The smallest absolute Gasteiger partial charge is 0.296 e. The molecule has 0 saturated heterocycles. The van der Waals surface area contributed by atoms with Crippen LogP contribution in [0.3, 0.4) is 0 Å². The molecule has 3 aromatic rings. The predicted octanol–water partition coefficient (Wildman–Crippen LogP) is 2.13. The lowest BCUT2D eigenvalue weighted by Crippen LogP contribution is -1.93. The van der Waals surface area contributed by atoms with Gasteiger partial charge in [-0.2, -0.15) is 4.98 Å². The summed E-state index contributed by atoms with van der Waals surface area (Å²) < 4.78 is 7.14. The van der Waals surface area contributed by atoms with Gasteiger partial charge >= 0.3 is 0 Å². The van der Waals surface area contributed by atoms with Crippen LogP contribution in [0.2, 0.25) is 0 Å². The van der Waals surface area contributed by atoms with Crippen molar-refractivity contribution in [3.8, 4) is 6.01 Å². The van der Waals surface area contributed by atoms with E-state index in [0.717, 1.165) is 21.9 Å². The van der Waals surface area contributed by atoms with E-state index in [9.17, 15) is 0 Å². The van der Waals surface area contributed by atoms with Gasteiger partial charge in [0, 0.05) is 18.6 Å². The van der Waals surface area contributed by atoms with Gasteiger partial charge in [-0.25, -0.2) is 0 Å². The van der Waals surface area contributed by atoms with Crippen LogP contribution in [-0.4, -0.2) is 21.6 Å². The van der Waals surface area contributed by atoms with E-state index in [4.69, 9.17) is 4.74 Å². The number of aryl methyl sites for hydroxylation is 1. The second kappa shape index (κ2) is 3.20. The highest BCUT2D eigenvalue weighted by molar-refractivity contribution is 6.02. The van der Waals surface area contributed by atoms with Gasteiger partial charge in [0.1, 0.15) is 5.52 Å². The van der Waals surface area contributed by atoms with Gasteiger partial charge in [0.15, 0.2) is 0 Å². The molecule has 4 heteroatoms. The summed E-state index contributed by atoms with van der Waals surface area (Å²) in [5.74, 6) is 0. The predicted molar refractivity (Wildman–Crippen MR) is 62.6 cm³/mol. The topological polar surface area (TPSA) is 39.9 Å². The molecule has 0 amide bonds. The van der Waals surface area contributed by atoms with Crippen molar-refractivity contribution in [2.24, 2.45) is 7.05 Å².